The number of alkyl carbamates (subject to hydrolysis) is 1. The number of rotatable bonds is 6. The molecule has 0 spiro atoms. The summed E-state index contributed by atoms with van der Waals surface area (Å²) in [7, 11) is 0. The van der Waals surface area contributed by atoms with E-state index in [4.69, 9.17) is 9.15 Å². The smallest absolute Gasteiger partial charge is 0.408 e. The Morgan fingerprint density at radius 3 is 2.57 bits per heavy atom. The van der Waals surface area contributed by atoms with Gasteiger partial charge in [0.15, 0.2) is 0 Å². The van der Waals surface area contributed by atoms with Gasteiger partial charge in [0.05, 0.1) is 0 Å². The number of hydrogen-bond acceptors (Lipinski definition) is 6. The van der Waals surface area contributed by atoms with Crippen LogP contribution in [0.5, 0.6) is 0 Å². The summed E-state index contributed by atoms with van der Waals surface area (Å²) >= 11 is 1.48. The molecule has 1 heterocycles. The van der Waals surface area contributed by atoms with Crippen LogP contribution in [0.3, 0.4) is 0 Å². The summed E-state index contributed by atoms with van der Waals surface area (Å²) in [5, 5.41) is 11.4. The van der Waals surface area contributed by atoms with Gasteiger partial charge in [-0.3, -0.25) is 0 Å². The molecule has 0 aliphatic rings. The van der Waals surface area contributed by atoms with Gasteiger partial charge >= 0.3 is 6.09 Å². The van der Waals surface area contributed by atoms with Crippen molar-refractivity contribution in [2.75, 3.05) is 5.75 Å². The van der Waals surface area contributed by atoms with Crippen molar-refractivity contribution in [2.45, 2.75) is 64.8 Å². The minimum Gasteiger partial charge on any atom is -0.444 e. The SMILES string of the molecule is CCSc1nnc([C@H](NC(=O)OC(C)(C)C)[C@H](C)CC)o1. The van der Waals surface area contributed by atoms with E-state index in [-0.39, 0.29) is 12.0 Å². The second-order valence-electron chi connectivity index (χ2n) is 5.85. The number of hydrogen-bond donors (Lipinski definition) is 1. The highest BCUT2D eigenvalue weighted by atomic mass is 32.2. The molecular formula is C14H25N3O3S. The van der Waals surface area contributed by atoms with Gasteiger partial charge in [-0.25, -0.2) is 4.79 Å². The molecule has 1 N–H and O–H groups in total. The molecular weight excluding hydrogens is 290 g/mol. The molecule has 120 valence electrons. The first-order valence-electron chi connectivity index (χ1n) is 7.22. The molecule has 1 rings (SSSR count). The molecule has 6 nitrogen and oxygen atoms in total. The number of amides is 1. The van der Waals surface area contributed by atoms with Gasteiger partial charge in [0.2, 0.25) is 5.89 Å². The van der Waals surface area contributed by atoms with Gasteiger partial charge in [-0.15, -0.1) is 10.2 Å². The van der Waals surface area contributed by atoms with E-state index in [1.54, 1.807) is 0 Å². The van der Waals surface area contributed by atoms with Crippen molar-refractivity contribution in [3.8, 4) is 0 Å². The number of nitrogens with zero attached hydrogens (tertiary/aromatic N) is 2. The van der Waals surface area contributed by atoms with Crippen molar-refractivity contribution in [1.29, 1.82) is 0 Å². The van der Waals surface area contributed by atoms with Gasteiger partial charge in [0.25, 0.3) is 5.22 Å². The van der Waals surface area contributed by atoms with E-state index in [2.05, 4.69) is 15.5 Å². The first-order chi connectivity index (χ1) is 9.76. The van der Waals surface area contributed by atoms with Crippen LogP contribution in [-0.4, -0.2) is 27.6 Å². The summed E-state index contributed by atoms with van der Waals surface area (Å²) < 4.78 is 10.9. The Hall–Kier alpha value is -1.24. The minimum atomic E-state index is -0.540. The van der Waals surface area contributed by atoms with Crippen LogP contribution in [0.1, 0.15) is 59.9 Å². The standard InChI is InChI=1S/C14H25N3O3S/c1-7-9(3)10(15-12(18)20-14(4,5)6)11-16-17-13(19-11)21-8-2/h9-10H,7-8H2,1-6H3,(H,15,18)/t9-,10-/m1/s1. The predicted octanol–water partition coefficient (Wildman–Crippen LogP) is 3.79. The lowest BCUT2D eigenvalue weighted by Crippen LogP contribution is -2.37. The Bertz CT molecular complexity index is 457. The first kappa shape index (κ1) is 17.8. The highest BCUT2D eigenvalue weighted by Gasteiger charge is 2.28. The summed E-state index contributed by atoms with van der Waals surface area (Å²) in [5.74, 6) is 1.44. The lowest BCUT2D eigenvalue weighted by atomic mass is 9.99. The van der Waals surface area contributed by atoms with E-state index in [9.17, 15) is 4.79 Å². The number of nitrogens with one attached hydrogen (secondary N) is 1. The molecule has 0 radical (unpaired) electrons. The Balaban J connectivity index is 2.82. The predicted molar refractivity (Wildman–Crippen MR) is 82.3 cm³/mol. The van der Waals surface area contributed by atoms with Crippen LogP contribution in [0.2, 0.25) is 0 Å². The van der Waals surface area contributed by atoms with Crippen molar-refractivity contribution in [1.82, 2.24) is 15.5 Å². The molecule has 1 aromatic heterocycles. The van der Waals surface area contributed by atoms with Gasteiger partial charge in [0, 0.05) is 0 Å². The maximum atomic E-state index is 12.0. The van der Waals surface area contributed by atoms with Crippen LogP contribution in [-0.2, 0) is 4.74 Å². The van der Waals surface area contributed by atoms with Crippen LogP contribution in [0, 0.1) is 5.92 Å². The lowest BCUT2D eigenvalue weighted by Gasteiger charge is -2.24. The second-order valence-corrected chi connectivity index (χ2v) is 7.06. The molecule has 0 saturated heterocycles. The fourth-order valence-corrected chi connectivity index (χ4v) is 2.14. The summed E-state index contributed by atoms with van der Waals surface area (Å²) in [6.45, 7) is 11.6. The van der Waals surface area contributed by atoms with Gasteiger partial charge < -0.3 is 14.5 Å². The monoisotopic (exact) mass is 315 g/mol. The summed E-state index contributed by atoms with van der Waals surface area (Å²) in [6.07, 6.45) is 0.398. The topological polar surface area (TPSA) is 77.2 Å². The number of aromatic nitrogens is 2. The highest BCUT2D eigenvalue weighted by Crippen LogP contribution is 2.26. The molecule has 21 heavy (non-hydrogen) atoms. The van der Waals surface area contributed by atoms with Crippen LogP contribution in [0.4, 0.5) is 4.79 Å². The van der Waals surface area contributed by atoms with E-state index in [1.165, 1.54) is 11.8 Å². The van der Waals surface area contributed by atoms with Crippen molar-refractivity contribution in [2.24, 2.45) is 5.92 Å². The molecule has 0 unspecified atom stereocenters. The zero-order valence-corrected chi connectivity index (χ0v) is 14.4. The molecule has 0 saturated carbocycles. The number of carbonyl (C=O) groups is 1. The number of ether oxygens (including phenoxy) is 1. The van der Waals surface area contributed by atoms with Crippen molar-refractivity contribution in [3.05, 3.63) is 5.89 Å². The first-order valence-corrected chi connectivity index (χ1v) is 8.21. The van der Waals surface area contributed by atoms with E-state index < -0.39 is 11.7 Å². The van der Waals surface area contributed by atoms with Crippen molar-refractivity contribution >= 4 is 17.9 Å². The van der Waals surface area contributed by atoms with Crippen LogP contribution in [0.25, 0.3) is 0 Å². The Labute approximate surface area is 130 Å². The molecule has 0 aliphatic heterocycles. The molecule has 0 aliphatic carbocycles. The maximum Gasteiger partial charge on any atom is 0.408 e. The Kier molecular flexibility index (Phi) is 6.51. The fourth-order valence-electron chi connectivity index (χ4n) is 1.65. The van der Waals surface area contributed by atoms with Crippen LogP contribution < -0.4 is 5.32 Å². The summed E-state index contributed by atoms with van der Waals surface area (Å²) in [6, 6.07) is -0.344. The van der Waals surface area contributed by atoms with Gasteiger partial charge in [-0.2, -0.15) is 0 Å². The van der Waals surface area contributed by atoms with E-state index in [0.29, 0.717) is 11.1 Å². The van der Waals surface area contributed by atoms with E-state index in [1.807, 2.05) is 41.5 Å². The zero-order valence-electron chi connectivity index (χ0n) is 13.6. The average molecular weight is 315 g/mol. The molecule has 1 aromatic rings. The fraction of sp³-hybridized carbons (Fsp3) is 0.786. The highest BCUT2D eigenvalue weighted by molar-refractivity contribution is 7.99. The van der Waals surface area contributed by atoms with E-state index >= 15 is 0 Å². The van der Waals surface area contributed by atoms with Crippen LogP contribution >= 0.6 is 11.8 Å². The molecule has 7 heteroatoms. The van der Waals surface area contributed by atoms with Gasteiger partial charge in [-0.1, -0.05) is 39.0 Å². The van der Waals surface area contributed by atoms with Crippen molar-refractivity contribution < 1.29 is 13.9 Å². The maximum absolute atomic E-state index is 12.0. The largest absolute Gasteiger partial charge is 0.444 e. The average Bonchev–Trinajstić information content (AvgIpc) is 2.82. The Morgan fingerprint density at radius 1 is 1.38 bits per heavy atom. The third kappa shape index (κ3) is 5.95. The minimum absolute atomic E-state index is 0.164. The normalized spacial score (nSPS) is 14.6. The third-order valence-electron chi connectivity index (χ3n) is 2.84. The van der Waals surface area contributed by atoms with Gasteiger partial charge in [0.1, 0.15) is 11.6 Å². The molecule has 2 atom stereocenters. The van der Waals surface area contributed by atoms with Crippen LogP contribution in [0.15, 0.2) is 9.64 Å². The molecule has 1 amide bonds. The summed E-state index contributed by atoms with van der Waals surface area (Å²) in [5.41, 5.74) is -0.540. The summed E-state index contributed by atoms with van der Waals surface area (Å²) in [4.78, 5) is 12.0. The van der Waals surface area contributed by atoms with Gasteiger partial charge in [-0.05, 0) is 32.4 Å². The number of thioether (sulfide) groups is 1. The quantitative estimate of drug-likeness (QED) is 0.805. The second kappa shape index (κ2) is 7.68. The third-order valence-corrected chi connectivity index (χ3v) is 3.54. The molecule has 0 aromatic carbocycles. The van der Waals surface area contributed by atoms with Crippen molar-refractivity contribution in [3.63, 3.8) is 0 Å². The zero-order chi connectivity index (χ0) is 16.0. The Morgan fingerprint density at radius 2 is 2.05 bits per heavy atom. The van der Waals surface area contributed by atoms with E-state index in [0.717, 1.165) is 12.2 Å². The number of carbonyl (C=O) groups excluding carboxylic acids is 1. The molecule has 0 bridgehead atoms. The molecule has 0 fully saturated rings. The lowest BCUT2D eigenvalue weighted by molar-refractivity contribution is 0.0474.